The van der Waals surface area contributed by atoms with E-state index in [-0.39, 0.29) is 13.2 Å². The van der Waals surface area contributed by atoms with E-state index in [1.807, 2.05) is 0 Å². The molecule has 0 spiro atoms. The van der Waals surface area contributed by atoms with Crippen molar-refractivity contribution in [2.45, 2.75) is 44.5 Å². The number of aliphatic hydroxyl groups is 1. The van der Waals surface area contributed by atoms with E-state index in [0.29, 0.717) is 6.54 Å². The molecule has 0 saturated heterocycles. The summed E-state index contributed by atoms with van der Waals surface area (Å²) in [4.78, 5) is 27.4. The molecule has 0 saturated carbocycles. The van der Waals surface area contributed by atoms with Crippen molar-refractivity contribution in [2.75, 3.05) is 32.8 Å². The van der Waals surface area contributed by atoms with Crippen LogP contribution in [0.15, 0.2) is 25.3 Å². The van der Waals surface area contributed by atoms with Gasteiger partial charge in [0.05, 0.1) is 0 Å². The number of esters is 2. The van der Waals surface area contributed by atoms with Crippen LogP contribution in [0, 0.1) is 0 Å². The van der Waals surface area contributed by atoms with E-state index in [1.54, 1.807) is 0 Å². The van der Waals surface area contributed by atoms with Gasteiger partial charge in [-0.1, -0.05) is 31.0 Å². The summed E-state index contributed by atoms with van der Waals surface area (Å²) in [5, 5.41) is 27.0. The molecular weight excluding hydrogens is 372 g/mol. The van der Waals surface area contributed by atoms with Crippen molar-refractivity contribution < 1.29 is 39.4 Å². The molecule has 28 heavy (non-hydrogen) atoms. The number of rotatable bonds is 19. The van der Waals surface area contributed by atoms with E-state index in [4.69, 9.17) is 19.8 Å². The molecule has 0 aromatic carbocycles. The molecule has 0 radical (unpaired) electrons. The molecule has 0 aliphatic heterocycles. The molecule has 0 heterocycles. The Kier molecular flexibility index (Phi) is 16.2. The summed E-state index contributed by atoms with van der Waals surface area (Å²) in [6.07, 6.45) is 7.33. The summed E-state index contributed by atoms with van der Waals surface area (Å²) >= 11 is 0. The highest BCUT2D eigenvalue weighted by molar-refractivity contribution is 5.83. The standard InChI is InChI=1S/C18H32N2O8/c1-3-16(22)25-18(27-28-24,26-17(23)4-2)15-20-13-8-6-5-7-11-19-12-9-10-14-21/h3-4,19-21,24H,1-2,5-15H2. The lowest BCUT2D eigenvalue weighted by atomic mass is 10.2. The minimum absolute atomic E-state index is 0.227. The van der Waals surface area contributed by atoms with E-state index >= 15 is 0 Å². The molecule has 4 N–H and O–H groups in total. The number of carbonyl (C=O) groups excluding carboxylic acids is 2. The van der Waals surface area contributed by atoms with Crippen molar-refractivity contribution in [1.29, 1.82) is 0 Å². The zero-order valence-electron chi connectivity index (χ0n) is 16.2. The van der Waals surface area contributed by atoms with Gasteiger partial charge in [-0.15, -0.1) is 4.89 Å². The van der Waals surface area contributed by atoms with Gasteiger partial charge in [-0.05, 0) is 45.3 Å². The Morgan fingerprint density at radius 1 is 0.857 bits per heavy atom. The van der Waals surface area contributed by atoms with Crippen molar-refractivity contribution in [1.82, 2.24) is 10.6 Å². The molecule has 0 atom stereocenters. The summed E-state index contributed by atoms with van der Waals surface area (Å²) < 4.78 is 9.72. The van der Waals surface area contributed by atoms with Gasteiger partial charge in [0.25, 0.3) is 0 Å². The van der Waals surface area contributed by atoms with Gasteiger partial charge < -0.3 is 25.2 Å². The van der Waals surface area contributed by atoms with Gasteiger partial charge in [0, 0.05) is 18.8 Å². The Morgan fingerprint density at radius 2 is 1.36 bits per heavy atom. The number of carbonyl (C=O) groups is 2. The molecule has 0 aliphatic rings. The average molecular weight is 404 g/mol. The molecule has 0 bridgehead atoms. The fourth-order valence-corrected chi connectivity index (χ4v) is 2.18. The molecular formula is C18H32N2O8. The van der Waals surface area contributed by atoms with Crippen molar-refractivity contribution in [3.8, 4) is 0 Å². The molecule has 0 aliphatic carbocycles. The fraction of sp³-hybridized carbons (Fsp3) is 0.667. The highest BCUT2D eigenvalue weighted by Gasteiger charge is 2.41. The van der Waals surface area contributed by atoms with Crippen LogP contribution in [0.2, 0.25) is 0 Å². The van der Waals surface area contributed by atoms with Gasteiger partial charge >= 0.3 is 17.9 Å². The lowest BCUT2D eigenvalue weighted by Gasteiger charge is -2.28. The second kappa shape index (κ2) is 17.3. The van der Waals surface area contributed by atoms with Crippen LogP contribution < -0.4 is 10.6 Å². The highest BCUT2D eigenvalue weighted by Crippen LogP contribution is 2.16. The fourth-order valence-electron chi connectivity index (χ4n) is 2.18. The van der Waals surface area contributed by atoms with Gasteiger partial charge in [0.2, 0.25) is 0 Å². The minimum atomic E-state index is -2.32. The zero-order valence-corrected chi connectivity index (χ0v) is 16.2. The maximum absolute atomic E-state index is 11.5. The molecule has 0 aromatic heterocycles. The lowest BCUT2D eigenvalue weighted by Crippen LogP contribution is -2.50. The molecule has 10 heteroatoms. The molecule has 0 fully saturated rings. The first-order valence-corrected chi connectivity index (χ1v) is 9.26. The maximum atomic E-state index is 11.5. The van der Waals surface area contributed by atoms with E-state index < -0.39 is 17.9 Å². The smallest absolute Gasteiger partial charge is 0.396 e. The first-order valence-electron chi connectivity index (χ1n) is 9.26. The van der Waals surface area contributed by atoms with Crippen LogP contribution in [0.25, 0.3) is 0 Å². The Labute approximate surface area is 165 Å². The molecule has 0 aromatic rings. The van der Waals surface area contributed by atoms with Crippen LogP contribution in [0.3, 0.4) is 0 Å². The largest absolute Gasteiger partial charge is 0.418 e. The Hall–Kier alpha value is -1.82. The van der Waals surface area contributed by atoms with Gasteiger partial charge in [-0.3, -0.25) is 0 Å². The molecule has 10 nitrogen and oxygen atoms in total. The third-order valence-corrected chi connectivity index (χ3v) is 3.57. The van der Waals surface area contributed by atoms with E-state index in [0.717, 1.165) is 63.8 Å². The second-order valence-electron chi connectivity index (χ2n) is 5.86. The molecule has 162 valence electrons. The summed E-state index contributed by atoms with van der Waals surface area (Å²) in [7, 11) is 0. The van der Waals surface area contributed by atoms with E-state index in [1.165, 1.54) is 0 Å². The first-order chi connectivity index (χ1) is 13.5. The summed E-state index contributed by atoms with van der Waals surface area (Å²) in [6.45, 7) is 8.79. The maximum Gasteiger partial charge on any atom is 0.418 e. The van der Waals surface area contributed by atoms with Gasteiger partial charge in [-0.2, -0.15) is 0 Å². The third-order valence-electron chi connectivity index (χ3n) is 3.57. The number of hydrogen-bond donors (Lipinski definition) is 4. The second-order valence-corrected chi connectivity index (χ2v) is 5.86. The molecule has 0 unspecified atom stereocenters. The number of ether oxygens (including phenoxy) is 2. The van der Waals surface area contributed by atoms with Crippen LogP contribution in [0.1, 0.15) is 38.5 Å². The molecule has 0 rings (SSSR count). The average Bonchev–Trinajstić information content (AvgIpc) is 2.68. The first kappa shape index (κ1) is 26.2. The molecule has 0 amide bonds. The van der Waals surface area contributed by atoms with Crippen LogP contribution in [-0.4, -0.2) is 61.1 Å². The predicted molar refractivity (Wildman–Crippen MR) is 101 cm³/mol. The van der Waals surface area contributed by atoms with Crippen LogP contribution >= 0.6 is 0 Å². The Morgan fingerprint density at radius 3 is 1.82 bits per heavy atom. The SMILES string of the molecule is C=CC(=O)OC(CNCCCCCCNCCCCO)(OOO)OC(=O)C=C. The van der Waals surface area contributed by atoms with Gasteiger partial charge in [-0.25, -0.2) is 14.8 Å². The van der Waals surface area contributed by atoms with E-state index in [9.17, 15) is 9.59 Å². The van der Waals surface area contributed by atoms with Crippen LogP contribution in [0.4, 0.5) is 0 Å². The van der Waals surface area contributed by atoms with Crippen molar-refractivity contribution >= 4 is 11.9 Å². The summed E-state index contributed by atoms with van der Waals surface area (Å²) in [6, 6.07) is 0. The van der Waals surface area contributed by atoms with E-state index in [2.05, 4.69) is 33.7 Å². The van der Waals surface area contributed by atoms with Crippen molar-refractivity contribution in [3.05, 3.63) is 25.3 Å². The number of nitrogens with one attached hydrogen (secondary N) is 2. The Bertz CT molecular complexity index is 437. The monoisotopic (exact) mass is 404 g/mol. The van der Waals surface area contributed by atoms with Crippen LogP contribution in [0.5, 0.6) is 0 Å². The van der Waals surface area contributed by atoms with Gasteiger partial charge in [0.1, 0.15) is 6.54 Å². The number of unbranched alkanes of at least 4 members (excludes halogenated alkanes) is 4. The third kappa shape index (κ3) is 13.4. The lowest BCUT2D eigenvalue weighted by molar-refractivity contribution is -0.584. The highest BCUT2D eigenvalue weighted by atomic mass is 17.5. The predicted octanol–water partition coefficient (Wildman–Crippen LogP) is 1.03. The minimum Gasteiger partial charge on any atom is -0.396 e. The van der Waals surface area contributed by atoms with Crippen LogP contribution in [-0.2, 0) is 29.0 Å². The Balaban J connectivity index is 4.15. The van der Waals surface area contributed by atoms with Crippen molar-refractivity contribution in [3.63, 3.8) is 0 Å². The normalized spacial score (nSPS) is 11.1. The number of aliphatic hydroxyl groups excluding tert-OH is 1. The quantitative estimate of drug-likeness (QED) is 0.0617. The topological polar surface area (TPSA) is 136 Å². The van der Waals surface area contributed by atoms with Crippen molar-refractivity contribution in [2.24, 2.45) is 0 Å². The zero-order chi connectivity index (χ0) is 21.1. The summed E-state index contributed by atoms with van der Waals surface area (Å²) in [5.74, 6) is -4.20. The van der Waals surface area contributed by atoms with Gasteiger partial charge in [0.15, 0.2) is 0 Å². The summed E-state index contributed by atoms with van der Waals surface area (Å²) in [5.41, 5.74) is 0. The number of hydrogen-bond acceptors (Lipinski definition) is 10.